The summed E-state index contributed by atoms with van der Waals surface area (Å²) in [6.45, 7) is 8.50. The molecule has 6 N–H and O–H groups in total. The molecule has 4 amide bonds. The van der Waals surface area contributed by atoms with E-state index in [-0.39, 0.29) is 23.9 Å². The van der Waals surface area contributed by atoms with Gasteiger partial charge in [0.1, 0.15) is 17.4 Å². The van der Waals surface area contributed by atoms with Crippen molar-refractivity contribution in [1.29, 1.82) is 0 Å². The number of imide groups is 1. The second kappa shape index (κ2) is 16.3. The number of amides is 4. The first kappa shape index (κ1) is 33.2. The predicted octanol–water partition coefficient (Wildman–Crippen LogP) is 0.541. The number of amidine groups is 1. The Morgan fingerprint density at radius 2 is 1.90 bits per heavy atom. The molecule has 0 radical (unpaired) electrons. The van der Waals surface area contributed by atoms with Gasteiger partial charge in [0.25, 0.3) is 17.6 Å². The summed E-state index contributed by atoms with van der Waals surface area (Å²) in [5.74, 6) is -1.40. The molecule has 0 spiro atoms. The van der Waals surface area contributed by atoms with Gasteiger partial charge in [0.15, 0.2) is 6.34 Å². The van der Waals surface area contributed by atoms with Gasteiger partial charge in [-0.05, 0) is 56.9 Å². The molecule has 0 saturated heterocycles. The van der Waals surface area contributed by atoms with E-state index in [1.54, 1.807) is 32.0 Å². The van der Waals surface area contributed by atoms with Crippen LogP contribution in [-0.2, 0) is 19.1 Å². The van der Waals surface area contributed by atoms with Gasteiger partial charge in [0.2, 0.25) is 13.2 Å². The van der Waals surface area contributed by atoms with Crippen LogP contribution in [0.15, 0.2) is 29.4 Å². The van der Waals surface area contributed by atoms with Gasteiger partial charge < -0.3 is 30.8 Å². The predicted molar refractivity (Wildman–Crippen MR) is 154 cm³/mol. The second-order valence-electron chi connectivity index (χ2n) is 9.19. The maximum absolute atomic E-state index is 13.4. The van der Waals surface area contributed by atoms with E-state index in [4.69, 9.17) is 15.2 Å². The largest absolute Gasteiger partial charge is 0.426 e. The molecule has 0 aliphatic rings. The number of nitrogens with two attached hydrogens (primary N) is 1. The highest BCUT2D eigenvalue weighted by Crippen LogP contribution is 2.22. The summed E-state index contributed by atoms with van der Waals surface area (Å²) < 4.78 is 9.81. The van der Waals surface area contributed by atoms with E-state index in [1.807, 2.05) is 13.8 Å². The molecule has 1 aromatic heterocycles. The summed E-state index contributed by atoms with van der Waals surface area (Å²) >= 11 is 0. The van der Waals surface area contributed by atoms with E-state index in [9.17, 15) is 24.0 Å². The number of hydrogen-bond acceptors (Lipinski definition) is 8. The molecule has 1 atom stereocenters. The lowest BCUT2D eigenvalue weighted by Crippen LogP contribution is -2.75. The molecule has 42 heavy (non-hydrogen) atoms. The molecular formula is C28H38N7O7+. The molecule has 1 heterocycles. The Labute approximate surface area is 243 Å². The number of esters is 1. The number of ether oxygens (including phenoxy) is 2. The Morgan fingerprint density at radius 1 is 1.17 bits per heavy atom. The number of aliphatic imine (C=N–C) groups is 1. The minimum Gasteiger partial charge on any atom is -0.426 e. The lowest BCUT2D eigenvalue weighted by molar-refractivity contribution is -0.309. The maximum Gasteiger partial charge on any atom is 0.419 e. The standard InChI is InChI=1S/C28H37N7O7/c1-6-10-30-25(37)20-9-8-17(3)22(12-20)34-24(32-14-29)23-18(4)21(13-31-23)26(38)35(11-7-2)28(40)42-16-41-27(39)19(5)33-15-36/h8-9,12-15,19,31H,6-7,10-11,16H2,1-5H3,(H,30,37)(H,33,36)(H2,29,32,34)/p+1. The van der Waals surface area contributed by atoms with Crippen molar-refractivity contribution in [1.82, 2.24) is 20.5 Å². The molecule has 0 saturated carbocycles. The average Bonchev–Trinajstić information content (AvgIpc) is 3.35. The highest BCUT2D eigenvalue weighted by molar-refractivity contribution is 6.06. The zero-order chi connectivity index (χ0) is 31.2. The highest BCUT2D eigenvalue weighted by Gasteiger charge is 2.28. The van der Waals surface area contributed by atoms with Crippen molar-refractivity contribution in [2.45, 2.75) is 53.5 Å². The van der Waals surface area contributed by atoms with E-state index in [0.717, 1.165) is 16.9 Å². The van der Waals surface area contributed by atoms with Crippen molar-refractivity contribution in [2.75, 3.05) is 19.9 Å². The van der Waals surface area contributed by atoms with Crippen molar-refractivity contribution < 1.29 is 38.4 Å². The Morgan fingerprint density at radius 3 is 2.55 bits per heavy atom. The van der Waals surface area contributed by atoms with E-state index in [1.165, 1.54) is 19.5 Å². The number of nitrogens with zero attached hydrogens (tertiary/aromatic N) is 2. The van der Waals surface area contributed by atoms with Gasteiger partial charge in [-0.15, -0.1) is 4.99 Å². The van der Waals surface area contributed by atoms with Crippen molar-refractivity contribution >= 4 is 48.1 Å². The number of rotatable bonds is 13. The molecule has 14 heteroatoms. The summed E-state index contributed by atoms with van der Waals surface area (Å²) in [7, 11) is 0. The fraction of sp³-hybridized carbons (Fsp3) is 0.393. The summed E-state index contributed by atoms with van der Waals surface area (Å²) in [6, 6.07) is 4.22. The molecule has 0 aliphatic carbocycles. The van der Waals surface area contributed by atoms with Gasteiger partial charge in [-0.3, -0.25) is 14.4 Å². The average molecular weight is 585 g/mol. The molecule has 1 aromatic carbocycles. The van der Waals surface area contributed by atoms with Crippen molar-refractivity contribution in [3.63, 3.8) is 0 Å². The van der Waals surface area contributed by atoms with Gasteiger partial charge in [-0.1, -0.05) is 19.9 Å². The molecule has 14 nitrogen and oxygen atoms in total. The number of hydrogen-bond donors (Lipinski definition) is 5. The molecule has 1 unspecified atom stereocenters. The van der Waals surface area contributed by atoms with E-state index < -0.39 is 30.8 Å². The normalized spacial score (nSPS) is 12.0. The van der Waals surface area contributed by atoms with Crippen LogP contribution in [0.25, 0.3) is 0 Å². The zero-order valence-electron chi connectivity index (χ0n) is 24.4. The van der Waals surface area contributed by atoms with Crippen LogP contribution < -0.4 is 21.4 Å². The van der Waals surface area contributed by atoms with Crippen LogP contribution >= 0.6 is 0 Å². The van der Waals surface area contributed by atoms with Crippen LogP contribution in [0.1, 0.15) is 71.1 Å². The van der Waals surface area contributed by atoms with Gasteiger partial charge in [0.05, 0.1) is 5.56 Å². The van der Waals surface area contributed by atoms with Crippen molar-refractivity contribution in [2.24, 2.45) is 10.7 Å². The molecule has 0 bridgehead atoms. The molecule has 2 rings (SSSR count). The van der Waals surface area contributed by atoms with Crippen LogP contribution in [-0.4, -0.2) is 78.3 Å². The second-order valence-corrected chi connectivity index (χ2v) is 9.19. The van der Waals surface area contributed by atoms with Crippen LogP contribution in [0.5, 0.6) is 0 Å². The van der Waals surface area contributed by atoms with Crippen LogP contribution in [0, 0.1) is 13.8 Å². The number of aryl methyl sites for hydroxylation is 1. The molecule has 226 valence electrons. The SMILES string of the molecule is CCCNC(=O)c1ccc(C)c(N=C([NH+]=CN)c2[nH]cc(C(=O)N(CCC)C(=O)OCOC(=O)C(C)NC=O)c2C)c1. The van der Waals surface area contributed by atoms with Gasteiger partial charge >= 0.3 is 12.1 Å². The summed E-state index contributed by atoms with van der Waals surface area (Å²) in [4.78, 5) is 72.3. The van der Waals surface area contributed by atoms with Crippen LogP contribution in [0.2, 0.25) is 0 Å². The fourth-order valence-corrected chi connectivity index (χ4v) is 3.69. The summed E-state index contributed by atoms with van der Waals surface area (Å²) in [6.07, 6.45) is 3.19. The lowest BCUT2D eigenvalue weighted by atomic mass is 10.1. The minimum absolute atomic E-state index is 0.0382. The van der Waals surface area contributed by atoms with E-state index >= 15 is 0 Å². The van der Waals surface area contributed by atoms with Gasteiger partial charge in [-0.25, -0.2) is 19.5 Å². The van der Waals surface area contributed by atoms with E-state index in [2.05, 4.69) is 25.6 Å². The number of benzene rings is 1. The number of aromatic nitrogens is 1. The third kappa shape index (κ3) is 8.74. The zero-order valence-corrected chi connectivity index (χ0v) is 24.4. The van der Waals surface area contributed by atoms with Crippen LogP contribution in [0.3, 0.4) is 0 Å². The number of H-pyrrole nitrogens is 1. The fourth-order valence-electron chi connectivity index (χ4n) is 3.69. The summed E-state index contributed by atoms with van der Waals surface area (Å²) in [5.41, 5.74) is 8.47. The Hall–Kier alpha value is -5.01. The maximum atomic E-state index is 13.4. The van der Waals surface area contributed by atoms with Crippen molar-refractivity contribution in [3.05, 3.63) is 52.3 Å². The number of carbonyl (C=O) groups is 5. The number of nitrogens with one attached hydrogen (secondary N) is 4. The van der Waals surface area contributed by atoms with Crippen LogP contribution in [0.4, 0.5) is 10.5 Å². The Bertz CT molecular complexity index is 1350. The topological polar surface area (TPSA) is 199 Å². The van der Waals surface area contributed by atoms with Gasteiger partial charge in [0, 0.05) is 24.8 Å². The first-order valence-corrected chi connectivity index (χ1v) is 13.4. The number of carbonyl (C=O) groups excluding carboxylic acids is 5. The van der Waals surface area contributed by atoms with Gasteiger partial charge in [-0.2, -0.15) is 0 Å². The molecular weight excluding hydrogens is 546 g/mol. The quantitative estimate of drug-likeness (QED) is 0.0738. The molecule has 0 fully saturated rings. The molecule has 2 aromatic rings. The lowest BCUT2D eigenvalue weighted by Gasteiger charge is -2.20. The Kier molecular flexibility index (Phi) is 12.9. The first-order valence-electron chi connectivity index (χ1n) is 13.4. The number of aromatic amines is 1. The first-order chi connectivity index (χ1) is 20.1. The monoisotopic (exact) mass is 584 g/mol. The van der Waals surface area contributed by atoms with E-state index in [0.29, 0.717) is 41.9 Å². The Balaban J connectivity index is 2.32. The third-order valence-electron chi connectivity index (χ3n) is 6.03. The minimum atomic E-state index is -1.01. The third-order valence-corrected chi connectivity index (χ3v) is 6.03. The highest BCUT2D eigenvalue weighted by atomic mass is 16.7. The summed E-state index contributed by atoms with van der Waals surface area (Å²) in [5, 5.41) is 5.05. The smallest absolute Gasteiger partial charge is 0.419 e. The molecule has 0 aliphatic heterocycles. The van der Waals surface area contributed by atoms with Crippen molar-refractivity contribution in [3.8, 4) is 0 Å².